The van der Waals surface area contributed by atoms with Crippen molar-refractivity contribution >= 4 is 17.6 Å². The molecule has 0 saturated carbocycles. The van der Waals surface area contributed by atoms with Crippen LogP contribution in [-0.2, 0) is 6.54 Å². The lowest BCUT2D eigenvalue weighted by atomic mass is 10.1. The highest BCUT2D eigenvalue weighted by Crippen LogP contribution is 2.26. The van der Waals surface area contributed by atoms with Gasteiger partial charge in [0.1, 0.15) is 0 Å². The SMILES string of the molecule is Cc1ccccc1-c1nnc(-c2ccc(C(=O)NCc3ccc(NC(N)=O)cc3)cc2)o1. The molecule has 8 heteroatoms. The molecule has 0 aliphatic carbocycles. The van der Waals surface area contributed by atoms with Crippen molar-refractivity contribution in [2.45, 2.75) is 13.5 Å². The van der Waals surface area contributed by atoms with Crippen LogP contribution < -0.4 is 16.4 Å². The second-order valence-electron chi connectivity index (χ2n) is 7.17. The number of carbonyl (C=O) groups excluding carboxylic acids is 2. The minimum Gasteiger partial charge on any atom is -0.416 e. The number of nitrogens with zero attached hydrogens (tertiary/aromatic N) is 2. The molecule has 8 nitrogen and oxygen atoms in total. The Morgan fingerprint density at radius 3 is 2.28 bits per heavy atom. The first-order valence-corrected chi connectivity index (χ1v) is 9.93. The van der Waals surface area contributed by atoms with Crippen LogP contribution in [0, 0.1) is 6.92 Å². The number of aromatic nitrogens is 2. The van der Waals surface area contributed by atoms with E-state index in [1.54, 1.807) is 48.5 Å². The molecule has 1 aromatic heterocycles. The Balaban J connectivity index is 1.39. The average molecular weight is 427 g/mol. The summed E-state index contributed by atoms with van der Waals surface area (Å²) < 4.78 is 5.82. The normalized spacial score (nSPS) is 10.5. The van der Waals surface area contributed by atoms with E-state index in [9.17, 15) is 9.59 Å². The Morgan fingerprint density at radius 2 is 1.59 bits per heavy atom. The molecule has 0 fully saturated rings. The van der Waals surface area contributed by atoms with Crippen LogP contribution in [0.25, 0.3) is 22.9 Å². The number of aryl methyl sites for hydroxylation is 1. The van der Waals surface area contributed by atoms with E-state index in [0.29, 0.717) is 29.6 Å². The van der Waals surface area contributed by atoms with E-state index in [4.69, 9.17) is 10.2 Å². The topological polar surface area (TPSA) is 123 Å². The molecule has 0 atom stereocenters. The number of nitrogens with two attached hydrogens (primary N) is 1. The van der Waals surface area contributed by atoms with Crippen molar-refractivity contribution < 1.29 is 14.0 Å². The molecule has 0 spiro atoms. The first-order chi connectivity index (χ1) is 15.5. The van der Waals surface area contributed by atoms with Crippen molar-refractivity contribution in [3.63, 3.8) is 0 Å². The van der Waals surface area contributed by atoms with Gasteiger partial charge in [-0.1, -0.05) is 30.3 Å². The van der Waals surface area contributed by atoms with Crippen LogP contribution in [0.3, 0.4) is 0 Å². The number of anilines is 1. The molecule has 4 N–H and O–H groups in total. The first kappa shape index (κ1) is 20.8. The van der Waals surface area contributed by atoms with E-state index >= 15 is 0 Å². The predicted octanol–water partition coefficient (Wildman–Crippen LogP) is 4.13. The quantitative estimate of drug-likeness (QED) is 0.427. The number of benzene rings is 3. The minimum atomic E-state index is -0.624. The van der Waals surface area contributed by atoms with Crippen molar-refractivity contribution in [2.75, 3.05) is 5.32 Å². The number of carbonyl (C=O) groups is 2. The Hall–Kier alpha value is -4.46. The van der Waals surface area contributed by atoms with E-state index in [1.165, 1.54) is 0 Å². The highest BCUT2D eigenvalue weighted by atomic mass is 16.4. The Bertz CT molecular complexity index is 1250. The Morgan fingerprint density at radius 1 is 0.906 bits per heavy atom. The molecule has 4 aromatic rings. The predicted molar refractivity (Wildman–Crippen MR) is 121 cm³/mol. The summed E-state index contributed by atoms with van der Waals surface area (Å²) in [6.07, 6.45) is 0. The molecule has 160 valence electrons. The van der Waals surface area contributed by atoms with Crippen LogP contribution in [0.5, 0.6) is 0 Å². The van der Waals surface area contributed by atoms with Crippen LogP contribution >= 0.6 is 0 Å². The van der Waals surface area contributed by atoms with Crippen LogP contribution in [0.4, 0.5) is 10.5 Å². The molecule has 0 unspecified atom stereocenters. The molecule has 3 aromatic carbocycles. The molecule has 0 saturated heterocycles. The lowest BCUT2D eigenvalue weighted by Gasteiger charge is -2.07. The maximum Gasteiger partial charge on any atom is 0.316 e. The van der Waals surface area contributed by atoms with Crippen molar-refractivity contribution in [2.24, 2.45) is 5.73 Å². The van der Waals surface area contributed by atoms with Crippen molar-refractivity contribution in [3.05, 3.63) is 89.5 Å². The monoisotopic (exact) mass is 427 g/mol. The lowest BCUT2D eigenvalue weighted by Crippen LogP contribution is -2.22. The van der Waals surface area contributed by atoms with Gasteiger partial charge in [-0.05, 0) is 60.5 Å². The minimum absolute atomic E-state index is 0.206. The van der Waals surface area contributed by atoms with Gasteiger partial charge in [0.05, 0.1) is 0 Å². The Kier molecular flexibility index (Phi) is 5.94. The summed E-state index contributed by atoms with van der Waals surface area (Å²) in [5.41, 5.74) is 9.75. The van der Waals surface area contributed by atoms with Gasteiger partial charge in [-0.25, -0.2) is 4.79 Å². The fourth-order valence-corrected chi connectivity index (χ4v) is 3.16. The van der Waals surface area contributed by atoms with Gasteiger partial charge in [0, 0.05) is 28.9 Å². The molecule has 0 bridgehead atoms. The summed E-state index contributed by atoms with van der Waals surface area (Å²) in [5.74, 6) is 0.638. The molecule has 1 heterocycles. The number of nitrogens with one attached hydrogen (secondary N) is 2. The first-order valence-electron chi connectivity index (χ1n) is 9.93. The van der Waals surface area contributed by atoms with Crippen molar-refractivity contribution in [1.29, 1.82) is 0 Å². The third-order valence-electron chi connectivity index (χ3n) is 4.87. The van der Waals surface area contributed by atoms with Gasteiger partial charge in [0.2, 0.25) is 11.8 Å². The number of amides is 3. The molecular formula is C24H21N5O3. The maximum atomic E-state index is 12.5. The van der Waals surface area contributed by atoms with Crippen LogP contribution in [0.1, 0.15) is 21.5 Å². The number of hydrogen-bond donors (Lipinski definition) is 3. The van der Waals surface area contributed by atoms with E-state index < -0.39 is 6.03 Å². The molecule has 4 rings (SSSR count). The zero-order valence-electron chi connectivity index (χ0n) is 17.3. The van der Waals surface area contributed by atoms with E-state index in [2.05, 4.69) is 20.8 Å². The van der Waals surface area contributed by atoms with Crippen LogP contribution in [0.2, 0.25) is 0 Å². The van der Waals surface area contributed by atoms with E-state index in [0.717, 1.165) is 22.3 Å². The highest BCUT2D eigenvalue weighted by Gasteiger charge is 2.13. The van der Waals surface area contributed by atoms with Gasteiger partial charge in [0.25, 0.3) is 5.91 Å². The third kappa shape index (κ3) is 4.81. The summed E-state index contributed by atoms with van der Waals surface area (Å²) >= 11 is 0. The van der Waals surface area contributed by atoms with Gasteiger partial charge < -0.3 is 20.8 Å². The molecule has 0 aliphatic rings. The standard InChI is InChI=1S/C24H21N5O3/c1-15-4-2-3-5-20(15)23-29-28-22(32-23)18-10-8-17(9-11-18)21(30)26-14-16-6-12-19(13-7-16)27-24(25)31/h2-13H,14H2,1H3,(H,26,30)(H3,25,27,31). The summed E-state index contributed by atoms with van der Waals surface area (Å²) in [4.78, 5) is 23.3. The molecule has 32 heavy (non-hydrogen) atoms. The molecule has 3 amide bonds. The van der Waals surface area contributed by atoms with Crippen molar-refractivity contribution in [1.82, 2.24) is 15.5 Å². The molecule has 0 radical (unpaired) electrons. The fourth-order valence-electron chi connectivity index (χ4n) is 3.16. The number of primary amides is 1. The lowest BCUT2D eigenvalue weighted by molar-refractivity contribution is 0.0951. The fraction of sp³-hybridized carbons (Fsp3) is 0.0833. The van der Waals surface area contributed by atoms with Crippen LogP contribution in [0.15, 0.2) is 77.2 Å². The van der Waals surface area contributed by atoms with Gasteiger partial charge in [-0.2, -0.15) is 0 Å². The van der Waals surface area contributed by atoms with Crippen LogP contribution in [-0.4, -0.2) is 22.1 Å². The van der Waals surface area contributed by atoms with Gasteiger partial charge >= 0.3 is 6.03 Å². The molecule has 0 aliphatic heterocycles. The summed E-state index contributed by atoms with van der Waals surface area (Å²) in [7, 11) is 0. The van der Waals surface area contributed by atoms with E-state index in [1.807, 2.05) is 31.2 Å². The van der Waals surface area contributed by atoms with E-state index in [-0.39, 0.29) is 5.91 Å². The zero-order chi connectivity index (χ0) is 22.5. The zero-order valence-corrected chi connectivity index (χ0v) is 17.3. The highest BCUT2D eigenvalue weighted by molar-refractivity contribution is 5.94. The average Bonchev–Trinajstić information content (AvgIpc) is 3.28. The van der Waals surface area contributed by atoms with Crippen molar-refractivity contribution in [3.8, 4) is 22.9 Å². The second kappa shape index (κ2) is 9.13. The second-order valence-corrected chi connectivity index (χ2v) is 7.17. The third-order valence-corrected chi connectivity index (χ3v) is 4.87. The largest absolute Gasteiger partial charge is 0.416 e. The maximum absolute atomic E-state index is 12.5. The van der Waals surface area contributed by atoms with Gasteiger partial charge in [-0.15, -0.1) is 10.2 Å². The number of hydrogen-bond acceptors (Lipinski definition) is 5. The van der Waals surface area contributed by atoms with Gasteiger partial charge in [-0.3, -0.25) is 4.79 Å². The Labute approximate surface area is 184 Å². The number of urea groups is 1. The summed E-state index contributed by atoms with van der Waals surface area (Å²) in [6, 6.07) is 21.2. The smallest absolute Gasteiger partial charge is 0.316 e. The molecular weight excluding hydrogens is 406 g/mol. The number of rotatable bonds is 6. The summed E-state index contributed by atoms with van der Waals surface area (Å²) in [5, 5.41) is 13.6. The van der Waals surface area contributed by atoms with Gasteiger partial charge in [0.15, 0.2) is 0 Å². The summed E-state index contributed by atoms with van der Waals surface area (Å²) in [6.45, 7) is 2.33.